The molecule has 144 valence electrons. The summed E-state index contributed by atoms with van der Waals surface area (Å²) in [5.41, 5.74) is 2.35. The first-order chi connectivity index (χ1) is 13.2. The standard InChI is InChI=1S/C21H26ClN3O2/c1-27-20-5-3-2-4-18(20)16-24-12-14-25(15-13-24)21(26)23-11-10-17-6-8-19(22)9-7-17/h2-9H,10-16H2,1H3,(H,23,26). The van der Waals surface area contributed by atoms with Crippen molar-refractivity contribution in [2.24, 2.45) is 0 Å². The normalized spacial score (nSPS) is 14.8. The average molecular weight is 388 g/mol. The van der Waals surface area contributed by atoms with Crippen molar-refractivity contribution in [1.82, 2.24) is 15.1 Å². The van der Waals surface area contributed by atoms with Gasteiger partial charge in [-0.05, 0) is 30.2 Å². The van der Waals surface area contributed by atoms with Crippen LogP contribution in [0.1, 0.15) is 11.1 Å². The van der Waals surface area contributed by atoms with E-state index in [2.05, 4.69) is 16.3 Å². The molecule has 0 bridgehead atoms. The lowest BCUT2D eigenvalue weighted by molar-refractivity contribution is 0.134. The fourth-order valence-corrected chi connectivity index (χ4v) is 3.39. The summed E-state index contributed by atoms with van der Waals surface area (Å²) >= 11 is 5.89. The van der Waals surface area contributed by atoms with Gasteiger partial charge in [-0.25, -0.2) is 4.79 Å². The van der Waals surface area contributed by atoms with Gasteiger partial charge in [-0.1, -0.05) is 41.9 Å². The van der Waals surface area contributed by atoms with Crippen molar-refractivity contribution in [2.75, 3.05) is 39.8 Å². The topological polar surface area (TPSA) is 44.8 Å². The van der Waals surface area contributed by atoms with E-state index in [0.29, 0.717) is 6.54 Å². The van der Waals surface area contributed by atoms with Crippen molar-refractivity contribution < 1.29 is 9.53 Å². The predicted molar refractivity (Wildman–Crippen MR) is 108 cm³/mol. The summed E-state index contributed by atoms with van der Waals surface area (Å²) in [4.78, 5) is 16.6. The molecule has 1 heterocycles. The molecular weight excluding hydrogens is 362 g/mol. The first kappa shape index (κ1) is 19.5. The van der Waals surface area contributed by atoms with E-state index in [4.69, 9.17) is 16.3 Å². The minimum atomic E-state index is 0.0147. The molecule has 6 heteroatoms. The van der Waals surface area contributed by atoms with Gasteiger partial charge in [0.1, 0.15) is 5.75 Å². The minimum absolute atomic E-state index is 0.0147. The molecule has 2 aromatic rings. The Hall–Kier alpha value is -2.24. The monoisotopic (exact) mass is 387 g/mol. The summed E-state index contributed by atoms with van der Waals surface area (Å²) in [6.07, 6.45) is 0.802. The van der Waals surface area contributed by atoms with Crippen LogP contribution in [0.4, 0.5) is 4.79 Å². The second-order valence-electron chi connectivity index (χ2n) is 6.68. The number of carbonyl (C=O) groups is 1. The van der Waals surface area contributed by atoms with Crippen molar-refractivity contribution in [2.45, 2.75) is 13.0 Å². The average Bonchev–Trinajstić information content (AvgIpc) is 2.70. The van der Waals surface area contributed by atoms with Gasteiger partial charge in [-0.3, -0.25) is 4.90 Å². The number of rotatable bonds is 6. The number of hydrogen-bond acceptors (Lipinski definition) is 3. The molecule has 0 aliphatic carbocycles. The van der Waals surface area contributed by atoms with Crippen LogP contribution < -0.4 is 10.1 Å². The van der Waals surface area contributed by atoms with E-state index in [9.17, 15) is 4.79 Å². The molecule has 1 fully saturated rings. The van der Waals surface area contributed by atoms with Gasteiger partial charge < -0.3 is 15.0 Å². The molecular formula is C21H26ClN3O2. The SMILES string of the molecule is COc1ccccc1CN1CCN(C(=O)NCCc2ccc(Cl)cc2)CC1. The van der Waals surface area contributed by atoms with Crippen LogP contribution in [0.5, 0.6) is 5.75 Å². The first-order valence-electron chi connectivity index (χ1n) is 9.27. The first-order valence-corrected chi connectivity index (χ1v) is 9.65. The number of ether oxygens (including phenoxy) is 1. The number of carbonyl (C=O) groups excluding carboxylic acids is 1. The molecule has 27 heavy (non-hydrogen) atoms. The highest BCUT2D eigenvalue weighted by Gasteiger charge is 2.21. The van der Waals surface area contributed by atoms with Crippen LogP contribution >= 0.6 is 11.6 Å². The Kier molecular flexibility index (Phi) is 6.96. The summed E-state index contributed by atoms with van der Waals surface area (Å²) in [7, 11) is 1.70. The molecule has 2 amide bonds. The van der Waals surface area contributed by atoms with Gasteiger partial charge in [-0.15, -0.1) is 0 Å². The second-order valence-corrected chi connectivity index (χ2v) is 7.12. The molecule has 1 aliphatic heterocycles. The highest BCUT2D eigenvalue weighted by Crippen LogP contribution is 2.20. The van der Waals surface area contributed by atoms with E-state index >= 15 is 0 Å². The van der Waals surface area contributed by atoms with Gasteiger partial charge >= 0.3 is 6.03 Å². The molecule has 1 N–H and O–H groups in total. The van der Waals surface area contributed by atoms with E-state index in [-0.39, 0.29) is 6.03 Å². The molecule has 0 atom stereocenters. The lowest BCUT2D eigenvalue weighted by atomic mass is 10.1. The third kappa shape index (κ3) is 5.62. The third-order valence-electron chi connectivity index (χ3n) is 4.85. The maximum Gasteiger partial charge on any atom is 0.317 e. The van der Waals surface area contributed by atoms with Gasteiger partial charge in [0.25, 0.3) is 0 Å². The van der Waals surface area contributed by atoms with Crippen molar-refractivity contribution in [3.8, 4) is 5.75 Å². The fourth-order valence-electron chi connectivity index (χ4n) is 3.26. The molecule has 2 aromatic carbocycles. The van der Waals surface area contributed by atoms with E-state index in [1.54, 1.807) is 7.11 Å². The molecule has 0 aromatic heterocycles. The Balaban J connectivity index is 1.40. The van der Waals surface area contributed by atoms with E-state index in [1.165, 1.54) is 11.1 Å². The zero-order chi connectivity index (χ0) is 19.1. The summed E-state index contributed by atoms with van der Waals surface area (Å²) in [5.74, 6) is 0.917. The molecule has 0 spiro atoms. The summed E-state index contributed by atoms with van der Waals surface area (Å²) in [6, 6.07) is 15.8. The number of amides is 2. The highest BCUT2D eigenvalue weighted by molar-refractivity contribution is 6.30. The summed E-state index contributed by atoms with van der Waals surface area (Å²) < 4.78 is 5.42. The van der Waals surface area contributed by atoms with Crippen molar-refractivity contribution in [3.05, 3.63) is 64.7 Å². The van der Waals surface area contributed by atoms with Crippen LogP contribution in [-0.4, -0.2) is 55.7 Å². The van der Waals surface area contributed by atoms with Crippen molar-refractivity contribution in [3.63, 3.8) is 0 Å². The van der Waals surface area contributed by atoms with Crippen LogP contribution in [0, 0.1) is 0 Å². The van der Waals surface area contributed by atoms with Gasteiger partial charge in [-0.2, -0.15) is 0 Å². The third-order valence-corrected chi connectivity index (χ3v) is 5.10. The second kappa shape index (κ2) is 9.62. The number of urea groups is 1. The molecule has 0 saturated carbocycles. The maximum absolute atomic E-state index is 12.4. The Morgan fingerprint density at radius 2 is 1.78 bits per heavy atom. The van der Waals surface area contributed by atoms with E-state index in [1.807, 2.05) is 47.4 Å². The Bertz CT molecular complexity index is 743. The van der Waals surface area contributed by atoms with Crippen LogP contribution in [0.3, 0.4) is 0 Å². The summed E-state index contributed by atoms with van der Waals surface area (Å²) in [5, 5.41) is 3.74. The molecule has 1 aliphatic rings. The number of nitrogens with zero attached hydrogens (tertiary/aromatic N) is 2. The predicted octanol–water partition coefficient (Wildman–Crippen LogP) is 3.42. The van der Waals surface area contributed by atoms with Gasteiger partial charge in [0, 0.05) is 49.9 Å². The minimum Gasteiger partial charge on any atom is -0.496 e. The van der Waals surface area contributed by atoms with Crippen molar-refractivity contribution in [1.29, 1.82) is 0 Å². The quantitative estimate of drug-likeness (QED) is 0.826. The van der Waals surface area contributed by atoms with E-state index in [0.717, 1.165) is 49.9 Å². The Morgan fingerprint density at radius 3 is 2.48 bits per heavy atom. The largest absolute Gasteiger partial charge is 0.496 e. The van der Waals surface area contributed by atoms with Gasteiger partial charge in [0.2, 0.25) is 0 Å². The zero-order valence-corrected chi connectivity index (χ0v) is 16.4. The van der Waals surface area contributed by atoms with Gasteiger partial charge in [0.15, 0.2) is 0 Å². The number of piperazine rings is 1. The van der Waals surface area contributed by atoms with Crippen molar-refractivity contribution >= 4 is 17.6 Å². The lowest BCUT2D eigenvalue weighted by Crippen LogP contribution is -2.51. The number of para-hydroxylation sites is 1. The fraction of sp³-hybridized carbons (Fsp3) is 0.381. The molecule has 0 radical (unpaired) electrons. The Morgan fingerprint density at radius 1 is 1.07 bits per heavy atom. The van der Waals surface area contributed by atoms with Crippen LogP contribution in [0.15, 0.2) is 48.5 Å². The van der Waals surface area contributed by atoms with Crippen LogP contribution in [0.25, 0.3) is 0 Å². The smallest absolute Gasteiger partial charge is 0.317 e. The molecule has 3 rings (SSSR count). The number of halogens is 1. The molecule has 5 nitrogen and oxygen atoms in total. The maximum atomic E-state index is 12.4. The highest BCUT2D eigenvalue weighted by atomic mass is 35.5. The number of methoxy groups -OCH3 is 1. The van der Waals surface area contributed by atoms with E-state index < -0.39 is 0 Å². The van der Waals surface area contributed by atoms with Crippen LogP contribution in [-0.2, 0) is 13.0 Å². The lowest BCUT2D eigenvalue weighted by Gasteiger charge is -2.34. The molecule has 0 unspecified atom stereocenters. The van der Waals surface area contributed by atoms with Crippen LogP contribution in [0.2, 0.25) is 5.02 Å². The Labute approximate surface area is 165 Å². The molecule has 1 saturated heterocycles. The summed E-state index contributed by atoms with van der Waals surface area (Å²) in [6.45, 7) is 4.67. The number of benzene rings is 2. The number of hydrogen-bond donors (Lipinski definition) is 1. The zero-order valence-electron chi connectivity index (χ0n) is 15.7. The van der Waals surface area contributed by atoms with Gasteiger partial charge in [0.05, 0.1) is 7.11 Å². The number of nitrogens with one attached hydrogen (secondary N) is 1.